The van der Waals surface area contributed by atoms with E-state index in [1.54, 1.807) is 12.3 Å². The maximum Gasteiger partial charge on any atom is 0.200 e. The summed E-state index contributed by atoms with van der Waals surface area (Å²) in [4.78, 5) is 8.01. The average molecular weight is 296 g/mol. The molecule has 0 saturated heterocycles. The van der Waals surface area contributed by atoms with Gasteiger partial charge in [0.15, 0.2) is 11.1 Å². The van der Waals surface area contributed by atoms with Crippen LogP contribution in [0.1, 0.15) is 12.1 Å². The number of guanidine groups is 1. The molecule has 7 heteroatoms. The molecular weight excluding hydrogens is 282 g/mol. The fourth-order valence-electron chi connectivity index (χ4n) is 1.21. The molecule has 0 spiro atoms. The van der Waals surface area contributed by atoms with Crippen LogP contribution < -0.4 is 16.8 Å². The van der Waals surface area contributed by atoms with E-state index in [2.05, 4.69) is 33.2 Å². The third-order valence-corrected chi connectivity index (χ3v) is 2.45. The minimum Gasteiger partial charge on any atom is -0.376 e. The quantitative estimate of drug-likeness (QED) is 0.339. The van der Waals surface area contributed by atoms with E-state index >= 15 is 0 Å². The number of allylic oxidation sites excluding steroid dienone is 1. The molecule has 5 N–H and O–H groups in total. The molecule has 0 atom stereocenters. The molecule has 0 aliphatic rings. The molecule has 0 saturated carbocycles. The van der Waals surface area contributed by atoms with Crippen molar-refractivity contribution in [3.05, 3.63) is 47.1 Å². The van der Waals surface area contributed by atoms with Crippen LogP contribution in [0.25, 0.3) is 0 Å². The van der Waals surface area contributed by atoms with E-state index in [9.17, 15) is 0 Å². The van der Waals surface area contributed by atoms with Crippen molar-refractivity contribution < 1.29 is 0 Å². The van der Waals surface area contributed by atoms with Crippen LogP contribution in [-0.4, -0.2) is 16.1 Å². The summed E-state index contributed by atoms with van der Waals surface area (Å²) in [5, 5.41) is 3.23. The van der Waals surface area contributed by atoms with Gasteiger partial charge in [0.1, 0.15) is 0 Å². The largest absolute Gasteiger partial charge is 0.376 e. The molecule has 0 aromatic carbocycles. The summed E-state index contributed by atoms with van der Waals surface area (Å²) in [6.45, 7) is 0. The second-order valence-corrected chi connectivity index (χ2v) is 4.32. The number of nitrogens with two attached hydrogens (primary N) is 2. The third kappa shape index (κ3) is 6.57. The van der Waals surface area contributed by atoms with Gasteiger partial charge in [-0.25, -0.2) is 4.99 Å². The number of aliphatic imine (C=N–C) groups is 1. The Morgan fingerprint density at radius 1 is 1.58 bits per heavy atom. The third-order valence-electron chi connectivity index (χ3n) is 2.01. The van der Waals surface area contributed by atoms with E-state index in [-0.39, 0.29) is 11.1 Å². The summed E-state index contributed by atoms with van der Waals surface area (Å²) in [7, 11) is 0. The fraction of sp³-hybridized carbons (Fsp3) is 0.167. The fourth-order valence-corrected chi connectivity index (χ4v) is 1.53. The summed E-state index contributed by atoms with van der Waals surface area (Å²) in [6.07, 6.45) is 6.46. The molecule has 19 heavy (non-hydrogen) atoms. The van der Waals surface area contributed by atoms with Crippen LogP contribution in [-0.2, 0) is 6.42 Å². The first-order valence-electron chi connectivity index (χ1n) is 5.48. The van der Waals surface area contributed by atoms with Crippen molar-refractivity contribution in [2.75, 3.05) is 0 Å². The van der Waals surface area contributed by atoms with Crippen molar-refractivity contribution in [3.63, 3.8) is 0 Å². The lowest BCUT2D eigenvalue weighted by molar-refractivity contribution is 0.945. The minimum absolute atomic E-state index is 0.0726. The second kappa shape index (κ2) is 8.26. The van der Waals surface area contributed by atoms with E-state index in [0.717, 1.165) is 18.5 Å². The molecule has 0 bridgehead atoms. The number of aromatic nitrogens is 1. The van der Waals surface area contributed by atoms with Crippen LogP contribution in [0.2, 0.25) is 5.02 Å². The van der Waals surface area contributed by atoms with Crippen molar-refractivity contribution in [3.8, 4) is 0 Å². The molecule has 0 amide bonds. The molecular formula is C12H14ClN5S. The van der Waals surface area contributed by atoms with Crippen LogP contribution in [0.15, 0.2) is 41.3 Å². The van der Waals surface area contributed by atoms with Gasteiger partial charge in [-0.1, -0.05) is 11.6 Å². The van der Waals surface area contributed by atoms with Gasteiger partial charge in [0.25, 0.3) is 0 Å². The standard InChI is InChI=1S/C12H14ClN5S/c13-9-5-4-8-16-10(9)6-2-1-3-7-17-11(14)18-12(15)19/h1,4-5,7-8H,2,6H2,(H5,14,15,17,18,19). The highest BCUT2D eigenvalue weighted by Gasteiger charge is 1.97. The number of nitrogens with zero attached hydrogens (tertiary/aromatic N) is 2. The summed E-state index contributed by atoms with van der Waals surface area (Å²) in [5.41, 5.74) is 14.4. The predicted octanol–water partition coefficient (Wildman–Crippen LogP) is 1.48. The molecule has 1 heterocycles. The topological polar surface area (TPSA) is 89.3 Å². The molecule has 1 aromatic heterocycles. The van der Waals surface area contributed by atoms with Crippen molar-refractivity contribution in [1.82, 2.24) is 10.3 Å². The van der Waals surface area contributed by atoms with Gasteiger partial charge in [-0.15, -0.1) is 5.73 Å². The zero-order valence-electron chi connectivity index (χ0n) is 10.1. The van der Waals surface area contributed by atoms with E-state index < -0.39 is 0 Å². The highest BCUT2D eigenvalue weighted by atomic mass is 35.5. The molecule has 100 valence electrons. The summed E-state index contributed by atoms with van der Waals surface area (Å²) < 4.78 is 0. The highest BCUT2D eigenvalue weighted by molar-refractivity contribution is 7.80. The smallest absolute Gasteiger partial charge is 0.200 e. The number of thiocarbonyl (C=S) groups is 1. The monoisotopic (exact) mass is 295 g/mol. The Hall–Kier alpha value is -1.88. The van der Waals surface area contributed by atoms with Gasteiger partial charge in [0.2, 0.25) is 0 Å². The van der Waals surface area contributed by atoms with Gasteiger partial charge < -0.3 is 16.8 Å². The van der Waals surface area contributed by atoms with Gasteiger partial charge in [0.05, 0.1) is 16.9 Å². The van der Waals surface area contributed by atoms with Crippen LogP contribution in [0, 0.1) is 0 Å². The van der Waals surface area contributed by atoms with Gasteiger partial charge in [-0.3, -0.25) is 4.98 Å². The number of hydrogen-bond acceptors (Lipinski definition) is 3. The van der Waals surface area contributed by atoms with Crippen LogP contribution in [0.4, 0.5) is 0 Å². The maximum absolute atomic E-state index is 5.98. The Labute approximate surface area is 122 Å². The molecule has 1 aromatic rings. The number of rotatable bonds is 4. The predicted molar refractivity (Wildman–Crippen MR) is 81.8 cm³/mol. The van der Waals surface area contributed by atoms with E-state index in [4.69, 9.17) is 23.1 Å². The zero-order chi connectivity index (χ0) is 14.1. The Morgan fingerprint density at radius 2 is 2.37 bits per heavy atom. The molecule has 0 unspecified atom stereocenters. The van der Waals surface area contributed by atoms with E-state index in [1.807, 2.05) is 12.1 Å². The normalized spacial score (nSPS) is 10.5. The van der Waals surface area contributed by atoms with Crippen molar-refractivity contribution in [2.45, 2.75) is 12.8 Å². The number of hydrogen-bond donors (Lipinski definition) is 3. The van der Waals surface area contributed by atoms with Crippen molar-refractivity contribution in [1.29, 1.82) is 0 Å². The Bertz CT molecular complexity index is 535. The molecule has 5 nitrogen and oxygen atoms in total. The maximum atomic E-state index is 5.98. The molecule has 0 aliphatic carbocycles. The molecule has 0 radical (unpaired) electrons. The summed E-state index contributed by atoms with van der Waals surface area (Å²) >= 11 is 10.6. The SMILES string of the molecule is NC(=S)NC(N)=NC=C=CCCc1ncccc1Cl. The first-order valence-corrected chi connectivity index (χ1v) is 6.26. The number of nitrogens with one attached hydrogen (secondary N) is 1. The first kappa shape index (κ1) is 15.2. The highest BCUT2D eigenvalue weighted by Crippen LogP contribution is 2.13. The number of pyridine rings is 1. The second-order valence-electron chi connectivity index (χ2n) is 3.47. The van der Waals surface area contributed by atoms with Gasteiger partial charge in [0, 0.05) is 6.20 Å². The lowest BCUT2D eigenvalue weighted by Gasteiger charge is -1.99. The molecule has 1 rings (SSSR count). The summed E-state index contributed by atoms with van der Waals surface area (Å²) in [6, 6.07) is 3.61. The van der Waals surface area contributed by atoms with Crippen LogP contribution >= 0.6 is 23.8 Å². The first-order chi connectivity index (χ1) is 9.09. The van der Waals surface area contributed by atoms with Gasteiger partial charge in [-0.05, 0) is 43.3 Å². The van der Waals surface area contributed by atoms with Gasteiger partial charge >= 0.3 is 0 Å². The van der Waals surface area contributed by atoms with Gasteiger partial charge in [-0.2, -0.15) is 0 Å². The average Bonchev–Trinajstić information content (AvgIpc) is 2.34. The van der Waals surface area contributed by atoms with Crippen LogP contribution in [0.3, 0.4) is 0 Å². The number of halogens is 1. The molecule has 0 fully saturated rings. The van der Waals surface area contributed by atoms with E-state index in [0.29, 0.717) is 5.02 Å². The number of aryl methyl sites for hydroxylation is 1. The Kier molecular flexibility index (Phi) is 6.60. The summed E-state index contributed by atoms with van der Waals surface area (Å²) in [5.74, 6) is 0.126. The van der Waals surface area contributed by atoms with E-state index in [1.165, 1.54) is 6.20 Å². The van der Waals surface area contributed by atoms with Crippen molar-refractivity contribution >= 4 is 34.9 Å². The lowest BCUT2D eigenvalue weighted by atomic mass is 10.2. The van der Waals surface area contributed by atoms with Crippen LogP contribution in [0.5, 0.6) is 0 Å². The minimum atomic E-state index is 0.0726. The molecule has 0 aliphatic heterocycles. The zero-order valence-corrected chi connectivity index (χ0v) is 11.7. The Morgan fingerprint density at radius 3 is 3.05 bits per heavy atom. The lowest BCUT2D eigenvalue weighted by Crippen LogP contribution is -2.39. The Balaban J connectivity index is 2.42. The van der Waals surface area contributed by atoms with Crippen molar-refractivity contribution in [2.24, 2.45) is 16.5 Å².